The number of carbonyl (C=O) groups excluding carboxylic acids is 2. The summed E-state index contributed by atoms with van der Waals surface area (Å²) in [5, 5.41) is 0. The first kappa shape index (κ1) is 17.6. The number of likely N-dealkylation sites (tertiary alicyclic amines) is 1. The zero-order valence-electron chi connectivity index (χ0n) is 14.1. The van der Waals surface area contributed by atoms with E-state index in [4.69, 9.17) is 9.78 Å². The third-order valence-electron chi connectivity index (χ3n) is 3.79. The summed E-state index contributed by atoms with van der Waals surface area (Å²) in [4.78, 5) is 34.8. The Hall–Kier alpha value is -1.72. The molecule has 0 saturated carbocycles. The van der Waals surface area contributed by atoms with Gasteiger partial charge in [0, 0.05) is 12.5 Å². The molecule has 1 aromatic rings. The Morgan fingerprint density at radius 1 is 1.22 bits per heavy atom. The van der Waals surface area contributed by atoms with Crippen LogP contribution in [-0.2, 0) is 21.1 Å². The lowest BCUT2D eigenvalue weighted by atomic mass is 9.98. The second kappa shape index (κ2) is 7.70. The average Bonchev–Trinajstić information content (AvgIpc) is 2.53. The Morgan fingerprint density at radius 2 is 1.83 bits per heavy atom. The van der Waals surface area contributed by atoms with Crippen LogP contribution in [0.2, 0.25) is 0 Å². The lowest BCUT2D eigenvalue weighted by Crippen LogP contribution is -2.33. The van der Waals surface area contributed by atoms with E-state index in [1.54, 1.807) is 12.1 Å². The van der Waals surface area contributed by atoms with Gasteiger partial charge in [-0.2, -0.15) is 4.89 Å². The van der Waals surface area contributed by atoms with Crippen molar-refractivity contribution in [3.63, 3.8) is 0 Å². The van der Waals surface area contributed by atoms with Crippen molar-refractivity contribution in [2.75, 3.05) is 13.1 Å². The van der Waals surface area contributed by atoms with Gasteiger partial charge in [-0.05, 0) is 64.4 Å². The third-order valence-corrected chi connectivity index (χ3v) is 3.79. The monoisotopic (exact) mass is 319 g/mol. The smallest absolute Gasteiger partial charge is 0.303 e. The number of piperidine rings is 1. The Labute approximate surface area is 137 Å². The van der Waals surface area contributed by atoms with Crippen molar-refractivity contribution in [2.45, 2.75) is 45.8 Å². The van der Waals surface area contributed by atoms with E-state index in [9.17, 15) is 9.59 Å². The van der Waals surface area contributed by atoms with E-state index in [0.717, 1.165) is 44.3 Å². The number of benzene rings is 1. The maximum absolute atomic E-state index is 11.9. The summed E-state index contributed by atoms with van der Waals surface area (Å²) in [6.07, 6.45) is 2.92. The number of hydrogen-bond donors (Lipinski definition) is 0. The third kappa shape index (κ3) is 5.77. The molecule has 5 heteroatoms. The quantitative estimate of drug-likeness (QED) is 0.474. The molecule has 2 rings (SSSR count). The molecule has 1 saturated heterocycles. The fourth-order valence-corrected chi connectivity index (χ4v) is 2.46. The van der Waals surface area contributed by atoms with Crippen molar-refractivity contribution in [1.82, 2.24) is 4.90 Å². The predicted octanol–water partition coefficient (Wildman–Crippen LogP) is 2.98. The van der Waals surface area contributed by atoms with Gasteiger partial charge >= 0.3 is 5.97 Å². The molecule has 0 N–H and O–H groups in total. The zero-order valence-corrected chi connectivity index (χ0v) is 14.1. The van der Waals surface area contributed by atoms with Crippen LogP contribution in [0.3, 0.4) is 0 Å². The van der Waals surface area contributed by atoms with Gasteiger partial charge in [0.2, 0.25) is 0 Å². The number of nitrogens with zero attached hydrogens (tertiary/aromatic N) is 1. The van der Waals surface area contributed by atoms with E-state index in [1.807, 2.05) is 32.9 Å². The number of aldehydes is 1. The molecule has 0 amide bonds. The van der Waals surface area contributed by atoms with Crippen molar-refractivity contribution in [1.29, 1.82) is 0 Å². The fourth-order valence-electron chi connectivity index (χ4n) is 2.46. The molecule has 1 aliphatic heterocycles. The van der Waals surface area contributed by atoms with Crippen LogP contribution in [0.4, 0.5) is 0 Å². The molecule has 126 valence electrons. The minimum Gasteiger partial charge on any atom is -0.303 e. The molecule has 1 aromatic carbocycles. The molecule has 0 radical (unpaired) electrons. The van der Waals surface area contributed by atoms with Crippen molar-refractivity contribution in [2.24, 2.45) is 5.92 Å². The highest BCUT2D eigenvalue weighted by atomic mass is 17.2. The van der Waals surface area contributed by atoms with Crippen molar-refractivity contribution in [3.8, 4) is 0 Å². The Morgan fingerprint density at radius 3 is 2.35 bits per heavy atom. The van der Waals surface area contributed by atoms with Crippen LogP contribution < -0.4 is 0 Å². The van der Waals surface area contributed by atoms with Gasteiger partial charge in [-0.25, -0.2) is 4.79 Å². The van der Waals surface area contributed by atoms with Gasteiger partial charge in [0.05, 0.1) is 5.56 Å². The standard InChI is InChI=1S/C18H25NO4/c1-18(2,3)23-22-17(21)16-6-4-14(5-7-16)12-19-10-8-15(13-20)9-11-19/h4-7,13,15H,8-12H2,1-3H3. The van der Waals surface area contributed by atoms with Crippen LogP contribution in [0.15, 0.2) is 24.3 Å². The van der Waals surface area contributed by atoms with Crippen LogP contribution in [0.25, 0.3) is 0 Å². The minimum atomic E-state index is -0.525. The summed E-state index contributed by atoms with van der Waals surface area (Å²) in [7, 11) is 0. The minimum absolute atomic E-state index is 0.214. The average molecular weight is 319 g/mol. The molecule has 0 unspecified atom stereocenters. The van der Waals surface area contributed by atoms with Crippen LogP contribution in [0.5, 0.6) is 0 Å². The lowest BCUT2D eigenvalue weighted by molar-refractivity contribution is -0.301. The molecular formula is C18H25NO4. The van der Waals surface area contributed by atoms with E-state index in [1.165, 1.54) is 0 Å². The van der Waals surface area contributed by atoms with E-state index >= 15 is 0 Å². The van der Waals surface area contributed by atoms with E-state index in [0.29, 0.717) is 5.56 Å². The maximum Gasteiger partial charge on any atom is 0.373 e. The largest absolute Gasteiger partial charge is 0.373 e. The summed E-state index contributed by atoms with van der Waals surface area (Å²) in [6.45, 7) is 8.16. The fraction of sp³-hybridized carbons (Fsp3) is 0.556. The van der Waals surface area contributed by atoms with Gasteiger partial charge in [-0.3, -0.25) is 9.79 Å². The second-order valence-electron chi connectivity index (χ2n) is 7.01. The van der Waals surface area contributed by atoms with E-state index in [-0.39, 0.29) is 5.92 Å². The summed E-state index contributed by atoms with van der Waals surface area (Å²) in [5.74, 6) is -0.274. The Balaban J connectivity index is 1.85. The summed E-state index contributed by atoms with van der Waals surface area (Å²) in [6, 6.07) is 7.36. The first-order chi connectivity index (χ1) is 10.9. The van der Waals surface area contributed by atoms with Gasteiger partial charge in [-0.15, -0.1) is 0 Å². The molecule has 0 atom stereocenters. The summed E-state index contributed by atoms with van der Waals surface area (Å²) < 4.78 is 0. The van der Waals surface area contributed by atoms with Crippen LogP contribution in [0.1, 0.15) is 49.5 Å². The lowest BCUT2D eigenvalue weighted by Gasteiger charge is -2.29. The van der Waals surface area contributed by atoms with Gasteiger partial charge in [0.1, 0.15) is 11.9 Å². The van der Waals surface area contributed by atoms with Gasteiger partial charge in [0.25, 0.3) is 0 Å². The zero-order chi connectivity index (χ0) is 16.9. The Bertz CT molecular complexity index is 525. The molecule has 5 nitrogen and oxygen atoms in total. The first-order valence-corrected chi connectivity index (χ1v) is 8.04. The molecule has 1 heterocycles. The number of rotatable bonds is 5. The molecule has 0 aliphatic carbocycles. The molecule has 1 fully saturated rings. The highest BCUT2D eigenvalue weighted by Crippen LogP contribution is 2.18. The number of carbonyl (C=O) groups is 2. The first-order valence-electron chi connectivity index (χ1n) is 8.04. The highest BCUT2D eigenvalue weighted by molar-refractivity contribution is 5.88. The highest BCUT2D eigenvalue weighted by Gasteiger charge is 2.19. The van der Waals surface area contributed by atoms with Gasteiger partial charge in [0.15, 0.2) is 0 Å². The summed E-state index contributed by atoms with van der Waals surface area (Å²) >= 11 is 0. The molecule has 0 spiro atoms. The predicted molar refractivity (Wildman–Crippen MR) is 86.8 cm³/mol. The SMILES string of the molecule is CC(C)(C)OOC(=O)c1ccc(CN2CCC(C=O)CC2)cc1. The van der Waals surface area contributed by atoms with E-state index in [2.05, 4.69) is 4.90 Å². The molecule has 0 aromatic heterocycles. The van der Waals surface area contributed by atoms with E-state index < -0.39 is 11.6 Å². The normalized spacial score (nSPS) is 17.0. The van der Waals surface area contributed by atoms with Crippen LogP contribution >= 0.6 is 0 Å². The Kier molecular flexibility index (Phi) is 5.91. The topological polar surface area (TPSA) is 55.8 Å². The molecule has 0 bridgehead atoms. The maximum atomic E-state index is 11.9. The van der Waals surface area contributed by atoms with Crippen LogP contribution in [-0.4, -0.2) is 35.8 Å². The summed E-state index contributed by atoms with van der Waals surface area (Å²) in [5.41, 5.74) is 1.09. The molecular weight excluding hydrogens is 294 g/mol. The van der Waals surface area contributed by atoms with Crippen molar-refractivity contribution < 1.29 is 19.4 Å². The van der Waals surface area contributed by atoms with Crippen LogP contribution in [0, 0.1) is 5.92 Å². The van der Waals surface area contributed by atoms with Gasteiger partial charge in [-0.1, -0.05) is 12.1 Å². The van der Waals surface area contributed by atoms with Gasteiger partial charge < -0.3 is 4.79 Å². The van der Waals surface area contributed by atoms with Crippen molar-refractivity contribution >= 4 is 12.3 Å². The molecule has 23 heavy (non-hydrogen) atoms. The number of hydrogen-bond acceptors (Lipinski definition) is 5. The molecule has 1 aliphatic rings. The van der Waals surface area contributed by atoms with Crippen molar-refractivity contribution in [3.05, 3.63) is 35.4 Å². The second-order valence-corrected chi connectivity index (χ2v) is 7.01.